The van der Waals surface area contributed by atoms with Crippen molar-refractivity contribution in [3.8, 4) is 10.4 Å². The fourth-order valence-electron chi connectivity index (χ4n) is 4.34. The normalized spacial score (nSPS) is 23.0. The third-order valence-corrected chi connectivity index (χ3v) is 7.03. The zero-order valence-electron chi connectivity index (χ0n) is 16.2. The van der Waals surface area contributed by atoms with Gasteiger partial charge in [-0.25, -0.2) is 0 Å². The second kappa shape index (κ2) is 7.97. The second-order valence-corrected chi connectivity index (χ2v) is 8.91. The molecule has 3 aromatic rings. The Morgan fingerprint density at radius 1 is 1.07 bits per heavy atom. The summed E-state index contributed by atoms with van der Waals surface area (Å²) < 4.78 is 0. The first-order chi connectivity index (χ1) is 14.2. The first kappa shape index (κ1) is 18.3. The number of carbonyl (C=O) groups is 1. The molecule has 5 heterocycles. The molecule has 148 valence electrons. The Morgan fingerprint density at radius 3 is 2.69 bits per heavy atom. The Labute approximate surface area is 174 Å². The third-order valence-electron chi connectivity index (χ3n) is 5.90. The molecule has 3 aliphatic rings. The maximum absolute atomic E-state index is 12.8. The molecule has 6 heteroatoms. The molecule has 6 rings (SSSR count). The number of amides is 1. The Morgan fingerprint density at radius 2 is 1.93 bits per heavy atom. The van der Waals surface area contributed by atoms with E-state index in [4.69, 9.17) is 0 Å². The number of hydrogen-bond donors (Lipinski definition) is 2. The first-order valence-corrected chi connectivity index (χ1v) is 11.0. The van der Waals surface area contributed by atoms with Crippen LogP contribution in [0.5, 0.6) is 0 Å². The molecule has 0 spiro atoms. The summed E-state index contributed by atoms with van der Waals surface area (Å²) in [6.07, 6.45) is 5.97. The van der Waals surface area contributed by atoms with E-state index < -0.39 is 0 Å². The minimum absolute atomic E-state index is 0.0599. The molecule has 0 aliphatic carbocycles. The Balaban J connectivity index is 1.28. The van der Waals surface area contributed by atoms with Gasteiger partial charge in [0, 0.05) is 29.3 Å². The van der Waals surface area contributed by atoms with E-state index in [1.807, 2.05) is 36.4 Å². The number of hydrogen-bond acceptors (Lipinski definition) is 5. The highest BCUT2D eigenvalue weighted by Crippen LogP contribution is 2.32. The number of rotatable bonds is 5. The van der Waals surface area contributed by atoms with E-state index in [0.29, 0.717) is 12.0 Å². The summed E-state index contributed by atoms with van der Waals surface area (Å²) in [5.74, 6) is 0.697. The topological polar surface area (TPSA) is 57.3 Å². The standard InChI is InChI=1S/C23H24N4OS/c28-23(26-20-15-27-11-8-16(20)9-12-27)22-7-6-21(29-22)17-3-1-4-18(13-17)25-19-5-2-10-24-14-19/h1-7,10,13-14,16,20,25H,8-9,11-12,15H2,(H,26,28). The van der Waals surface area contributed by atoms with Crippen molar-refractivity contribution >= 4 is 28.6 Å². The minimum Gasteiger partial charge on any atom is -0.354 e. The fraction of sp³-hybridized carbons (Fsp3) is 0.304. The Bertz CT molecular complexity index is 995. The van der Waals surface area contributed by atoms with Crippen LogP contribution in [-0.2, 0) is 0 Å². The van der Waals surface area contributed by atoms with Gasteiger partial charge in [-0.2, -0.15) is 0 Å². The van der Waals surface area contributed by atoms with Crippen LogP contribution in [0.25, 0.3) is 10.4 Å². The number of thiophene rings is 1. The van der Waals surface area contributed by atoms with E-state index >= 15 is 0 Å². The van der Waals surface area contributed by atoms with Gasteiger partial charge < -0.3 is 15.5 Å². The maximum atomic E-state index is 12.8. The van der Waals surface area contributed by atoms with E-state index in [2.05, 4.69) is 32.7 Å². The van der Waals surface area contributed by atoms with Crippen LogP contribution in [-0.4, -0.2) is 41.5 Å². The number of anilines is 2. The van der Waals surface area contributed by atoms with Crippen molar-refractivity contribution < 1.29 is 4.79 Å². The van der Waals surface area contributed by atoms with E-state index in [0.717, 1.165) is 33.2 Å². The van der Waals surface area contributed by atoms with Gasteiger partial charge in [-0.15, -0.1) is 11.3 Å². The van der Waals surface area contributed by atoms with Crippen LogP contribution in [0.4, 0.5) is 11.4 Å². The number of benzene rings is 1. The van der Waals surface area contributed by atoms with Gasteiger partial charge in [0.2, 0.25) is 0 Å². The maximum Gasteiger partial charge on any atom is 0.261 e. The van der Waals surface area contributed by atoms with Gasteiger partial charge in [-0.1, -0.05) is 12.1 Å². The fourth-order valence-corrected chi connectivity index (χ4v) is 5.24. The van der Waals surface area contributed by atoms with E-state index in [-0.39, 0.29) is 5.91 Å². The van der Waals surface area contributed by atoms with E-state index in [1.54, 1.807) is 23.7 Å². The molecular formula is C23H24N4OS. The molecule has 29 heavy (non-hydrogen) atoms. The molecule has 3 fully saturated rings. The predicted molar refractivity (Wildman–Crippen MR) is 118 cm³/mol. The Kier molecular flexibility index (Phi) is 5.04. The number of nitrogens with one attached hydrogen (secondary N) is 2. The van der Waals surface area contributed by atoms with Gasteiger partial charge >= 0.3 is 0 Å². The molecule has 2 N–H and O–H groups in total. The number of piperidine rings is 3. The lowest BCUT2D eigenvalue weighted by atomic mass is 9.84. The smallest absolute Gasteiger partial charge is 0.261 e. The zero-order chi connectivity index (χ0) is 19.6. The van der Waals surface area contributed by atoms with Crippen molar-refractivity contribution in [2.45, 2.75) is 18.9 Å². The number of aromatic nitrogens is 1. The number of pyridine rings is 1. The molecule has 0 radical (unpaired) electrons. The predicted octanol–water partition coefficient (Wildman–Crippen LogP) is 4.38. The summed E-state index contributed by atoms with van der Waals surface area (Å²) in [7, 11) is 0. The largest absolute Gasteiger partial charge is 0.354 e. The lowest BCUT2D eigenvalue weighted by molar-refractivity contribution is 0.0622. The van der Waals surface area contributed by atoms with Gasteiger partial charge in [-0.05, 0) is 73.8 Å². The SMILES string of the molecule is O=C(NC1CN2CCC1CC2)c1ccc(-c2cccc(Nc3cccnc3)c2)s1. The van der Waals surface area contributed by atoms with Crippen LogP contribution >= 0.6 is 11.3 Å². The molecule has 3 aliphatic heterocycles. The first-order valence-electron chi connectivity index (χ1n) is 10.2. The monoisotopic (exact) mass is 404 g/mol. The van der Waals surface area contributed by atoms with Crippen LogP contribution in [0.3, 0.4) is 0 Å². The minimum atomic E-state index is 0.0599. The van der Waals surface area contributed by atoms with Gasteiger partial charge in [0.1, 0.15) is 0 Å². The lowest BCUT2D eigenvalue weighted by Crippen LogP contribution is -2.57. The summed E-state index contributed by atoms with van der Waals surface area (Å²) in [5.41, 5.74) is 3.06. The van der Waals surface area contributed by atoms with Crippen molar-refractivity contribution in [2.24, 2.45) is 5.92 Å². The number of nitrogens with zero attached hydrogens (tertiary/aromatic N) is 2. The molecule has 1 aromatic carbocycles. The third kappa shape index (κ3) is 4.04. The lowest BCUT2D eigenvalue weighted by Gasteiger charge is -2.44. The molecule has 1 amide bonds. The quantitative estimate of drug-likeness (QED) is 0.663. The van der Waals surface area contributed by atoms with E-state index in [1.165, 1.54) is 25.9 Å². The molecule has 1 unspecified atom stereocenters. The summed E-state index contributed by atoms with van der Waals surface area (Å²) in [6.45, 7) is 3.36. The average Bonchev–Trinajstić information content (AvgIpc) is 3.26. The average molecular weight is 405 g/mol. The highest BCUT2D eigenvalue weighted by atomic mass is 32.1. The zero-order valence-corrected chi connectivity index (χ0v) is 17.0. The van der Waals surface area contributed by atoms with Crippen molar-refractivity contribution in [2.75, 3.05) is 25.0 Å². The van der Waals surface area contributed by atoms with Gasteiger partial charge in [0.15, 0.2) is 0 Å². The van der Waals surface area contributed by atoms with Crippen molar-refractivity contribution in [3.63, 3.8) is 0 Å². The van der Waals surface area contributed by atoms with Crippen LogP contribution in [0.15, 0.2) is 60.9 Å². The molecule has 0 saturated carbocycles. The van der Waals surface area contributed by atoms with Crippen LogP contribution in [0.2, 0.25) is 0 Å². The molecule has 3 saturated heterocycles. The van der Waals surface area contributed by atoms with Gasteiger partial charge in [-0.3, -0.25) is 9.78 Å². The molecule has 2 aromatic heterocycles. The molecule has 1 atom stereocenters. The summed E-state index contributed by atoms with van der Waals surface area (Å²) in [4.78, 5) is 21.3. The van der Waals surface area contributed by atoms with Crippen LogP contribution in [0.1, 0.15) is 22.5 Å². The van der Waals surface area contributed by atoms with Crippen molar-refractivity contribution in [1.29, 1.82) is 0 Å². The van der Waals surface area contributed by atoms with Crippen molar-refractivity contribution in [1.82, 2.24) is 15.2 Å². The molecule has 5 nitrogen and oxygen atoms in total. The van der Waals surface area contributed by atoms with Crippen LogP contribution < -0.4 is 10.6 Å². The highest BCUT2D eigenvalue weighted by molar-refractivity contribution is 7.17. The van der Waals surface area contributed by atoms with Gasteiger partial charge in [0.25, 0.3) is 5.91 Å². The van der Waals surface area contributed by atoms with Crippen LogP contribution in [0, 0.1) is 5.92 Å². The molecule has 2 bridgehead atoms. The summed E-state index contributed by atoms with van der Waals surface area (Å²) in [6, 6.07) is 16.4. The summed E-state index contributed by atoms with van der Waals surface area (Å²) >= 11 is 1.55. The molecular weight excluding hydrogens is 380 g/mol. The number of fused-ring (bicyclic) bond motifs is 3. The highest BCUT2D eigenvalue weighted by Gasteiger charge is 2.35. The van der Waals surface area contributed by atoms with Crippen molar-refractivity contribution in [3.05, 3.63) is 65.8 Å². The summed E-state index contributed by atoms with van der Waals surface area (Å²) in [5, 5.41) is 6.66. The number of carbonyl (C=O) groups excluding carboxylic acids is 1. The van der Waals surface area contributed by atoms with Gasteiger partial charge in [0.05, 0.1) is 16.8 Å². The van der Waals surface area contributed by atoms with E-state index in [9.17, 15) is 4.79 Å². The second-order valence-electron chi connectivity index (χ2n) is 7.83. The Hall–Kier alpha value is -2.70.